The normalized spacial score (nSPS) is 14.0. The van der Waals surface area contributed by atoms with E-state index in [0.29, 0.717) is 17.2 Å². The number of hydrogen-bond donors (Lipinski definition) is 0. The zero-order valence-electron chi connectivity index (χ0n) is 28.5. The molecule has 9 rings (SSSR count). The number of nitrogens with zero attached hydrogens (tertiary/aromatic N) is 2. The molecule has 3 nitrogen and oxygen atoms in total. The first-order valence-corrected chi connectivity index (χ1v) is 17.6. The molecule has 0 aliphatic heterocycles. The number of aryl methyl sites for hydroxylation is 2. The Labute approximate surface area is 294 Å². The van der Waals surface area contributed by atoms with Gasteiger partial charge < -0.3 is 4.74 Å². The Morgan fingerprint density at radius 3 is 1.76 bits per heavy atom. The van der Waals surface area contributed by atoms with Gasteiger partial charge in [-0.2, -0.15) is 0 Å². The molecule has 0 radical (unpaired) electrons. The molecule has 50 heavy (non-hydrogen) atoms. The fourth-order valence-corrected chi connectivity index (χ4v) is 8.41. The molecule has 0 unspecified atom stereocenters. The van der Waals surface area contributed by atoms with Crippen LogP contribution in [0.4, 0.5) is 0 Å². The van der Waals surface area contributed by atoms with Crippen molar-refractivity contribution in [2.45, 2.75) is 39.5 Å². The van der Waals surface area contributed by atoms with Gasteiger partial charge in [0, 0.05) is 22.8 Å². The third-order valence-corrected chi connectivity index (χ3v) is 10.6. The highest BCUT2D eigenvalue weighted by Gasteiger charge is 2.41. The van der Waals surface area contributed by atoms with E-state index >= 15 is 0 Å². The lowest BCUT2D eigenvalue weighted by molar-refractivity contribution is 0.326. The summed E-state index contributed by atoms with van der Waals surface area (Å²) in [7, 11) is 0. The average Bonchev–Trinajstić information content (AvgIpc) is 3.69. The van der Waals surface area contributed by atoms with Crippen LogP contribution in [-0.4, -0.2) is 9.97 Å². The van der Waals surface area contributed by atoms with E-state index < -0.39 is 0 Å². The number of hydrogen-bond acceptors (Lipinski definition) is 3. The second kappa shape index (κ2) is 12.3. The lowest BCUT2D eigenvalue weighted by atomic mass is 9.82. The highest BCUT2D eigenvalue weighted by Crippen LogP contribution is 2.48. The maximum absolute atomic E-state index is 6.70. The second-order valence-corrected chi connectivity index (χ2v) is 14.2. The summed E-state index contributed by atoms with van der Waals surface area (Å²) in [6.07, 6.45) is 4.59. The van der Waals surface area contributed by atoms with Crippen LogP contribution in [0.1, 0.15) is 33.4 Å². The molecule has 0 amide bonds. The van der Waals surface area contributed by atoms with Gasteiger partial charge in [0.2, 0.25) is 11.8 Å². The van der Waals surface area contributed by atoms with E-state index in [-0.39, 0.29) is 0 Å². The minimum Gasteiger partial charge on any atom is -0.420 e. The maximum atomic E-state index is 6.70. The third-order valence-electron chi connectivity index (χ3n) is 10.6. The Morgan fingerprint density at radius 1 is 0.460 bits per heavy atom. The quantitative estimate of drug-likeness (QED) is 0.180. The molecule has 7 aromatic rings. The molecule has 2 heterocycles. The minimum absolute atomic E-state index is 0.310. The molecule has 0 saturated carbocycles. The summed E-state index contributed by atoms with van der Waals surface area (Å²) in [6, 6.07) is 51.5. The molecular weight excluding hydrogens is 609 g/mol. The van der Waals surface area contributed by atoms with Crippen LogP contribution >= 0.6 is 0 Å². The van der Waals surface area contributed by atoms with Crippen molar-refractivity contribution in [1.29, 1.82) is 0 Å². The largest absolute Gasteiger partial charge is 0.420 e. The highest BCUT2D eigenvalue weighted by molar-refractivity contribution is 5.80. The topological polar surface area (TPSA) is 35.0 Å². The van der Waals surface area contributed by atoms with Crippen molar-refractivity contribution in [2.24, 2.45) is 5.41 Å². The van der Waals surface area contributed by atoms with Crippen molar-refractivity contribution in [3.8, 4) is 56.5 Å². The molecule has 0 N–H and O–H groups in total. The molecule has 1 spiro atoms. The van der Waals surface area contributed by atoms with E-state index in [1.165, 1.54) is 57.3 Å². The molecule has 5 aromatic carbocycles. The number of pyridine rings is 2. The summed E-state index contributed by atoms with van der Waals surface area (Å²) in [4.78, 5) is 10.2. The molecule has 2 aliphatic rings. The van der Waals surface area contributed by atoms with Crippen molar-refractivity contribution >= 4 is 0 Å². The number of benzene rings is 5. The Bertz CT molecular complexity index is 2330. The van der Waals surface area contributed by atoms with Crippen LogP contribution in [0.2, 0.25) is 0 Å². The van der Waals surface area contributed by atoms with Crippen molar-refractivity contribution < 1.29 is 4.74 Å². The molecule has 242 valence electrons. The van der Waals surface area contributed by atoms with E-state index in [1.54, 1.807) is 0 Å². The summed E-state index contributed by atoms with van der Waals surface area (Å²) in [5, 5.41) is 0. The zero-order valence-corrected chi connectivity index (χ0v) is 28.5. The van der Waals surface area contributed by atoms with Gasteiger partial charge in [0.05, 0.1) is 11.4 Å². The van der Waals surface area contributed by atoms with Crippen LogP contribution in [-0.2, 0) is 25.7 Å². The lowest BCUT2D eigenvalue weighted by Crippen LogP contribution is -2.21. The molecule has 0 fully saturated rings. The summed E-state index contributed by atoms with van der Waals surface area (Å²) >= 11 is 0. The van der Waals surface area contributed by atoms with Gasteiger partial charge in [0.15, 0.2) is 0 Å². The first-order chi connectivity index (χ1) is 24.5. The predicted molar refractivity (Wildman–Crippen MR) is 203 cm³/mol. The standard InChI is InChI=1S/C47H38N2O/c1-31-24-39(33-12-5-3-6-13-33)25-32(2)45(31)41-22-23-43(34-14-7-4-8-15-34)49-46(41)50-44-19-11-18-42(48-44)35-20-21-38-29-47(30-40(38)26-35)27-36-16-9-10-17-37(36)28-47/h3-26H,27-30H2,1-2H3. The van der Waals surface area contributed by atoms with E-state index in [1.807, 2.05) is 30.3 Å². The van der Waals surface area contributed by atoms with Crippen LogP contribution in [0.25, 0.3) is 44.8 Å². The molecule has 2 aliphatic carbocycles. The third kappa shape index (κ3) is 5.59. The van der Waals surface area contributed by atoms with Gasteiger partial charge >= 0.3 is 0 Å². The van der Waals surface area contributed by atoms with Crippen molar-refractivity contribution in [2.75, 3.05) is 0 Å². The molecule has 2 aromatic heterocycles. The van der Waals surface area contributed by atoms with E-state index in [0.717, 1.165) is 46.5 Å². The molecule has 0 atom stereocenters. The monoisotopic (exact) mass is 646 g/mol. The number of fused-ring (bicyclic) bond motifs is 2. The van der Waals surface area contributed by atoms with Gasteiger partial charge in [0.25, 0.3) is 0 Å². The Morgan fingerprint density at radius 2 is 1.06 bits per heavy atom. The SMILES string of the molecule is Cc1cc(-c2ccccc2)cc(C)c1-c1ccc(-c2ccccc2)nc1Oc1cccc(-c2ccc3c(c2)CC2(Cc4ccccc4C2)C3)n1. The summed E-state index contributed by atoms with van der Waals surface area (Å²) in [5.74, 6) is 1.08. The fourth-order valence-electron chi connectivity index (χ4n) is 8.41. The van der Waals surface area contributed by atoms with Crippen LogP contribution in [0.15, 0.2) is 146 Å². The predicted octanol–water partition coefficient (Wildman–Crippen LogP) is 11.4. The van der Waals surface area contributed by atoms with Crippen LogP contribution in [0.3, 0.4) is 0 Å². The van der Waals surface area contributed by atoms with Gasteiger partial charge in [-0.25, -0.2) is 9.97 Å². The fraction of sp³-hybridized carbons (Fsp3) is 0.149. The van der Waals surface area contributed by atoms with Crippen LogP contribution in [0, 0.1) is 19.3 Å². The summed E-state index contributed by atoms with van der Waals surface area (Å²) in [6.45, 7) is 4.34. The smallest absolute Gasteiger partial charge is 0.229 e. The Kier molecular flexibility index (Phi) is 7.43. The number of ether oxygens (including phenoxy) is 1. The highest BCUT2D eigenvalue weighted by atomic mass is 16.5. The van der Waals surface area contributed by atoms with Crippen LogP contribution < -0.4 is 4.74 Å². The van der Waals surface area contributed by atoms with Crippen LogP contribution in [0.5, 0.6) is 11.8 Å². The Hall–Kier alpha value is -5.80. The molecule has 0 bridgehead atoms. The summed E-state index contributed by atoms with van der Waals surface area (Å²) in [5.41, 5.74) is 17.0. The first-order valence-electron chi connectivity index (χ1n) is 17.6. The van der Waals surface area contributed by atoms with Crippen molar-refractivity contribution in [1.82, 2.24) is 9.97 Å². The van der Waals surface area contributed by atoms with Crippen molar-refractivity contribution in [3.05, 3.63) is 179 Å². The van der Waals surface area contributed by atoms with Crippen molar-refractivity contribution in [3.63, 3.8) is 0 Å². The van der Waals surface area contributed by atoms with Gasteiger partial charge in [-0.05, 0) is 119 Å². The molecule has 0 saturated heterocycles. The van der Waals surface area contributed by atoms with Gasteiger partial charge in [0.1, 0.15) is 0 Å². The first kappa shape index (κ1) is 30.3. The minimum atomic E-state index is 0.310. The van der Waals surface area contributed by atoms with E-state index in [4.69, 9.17) is 14.7 Å². The number of rotatable bonds is 6. The summed E-state index contributed by atoms with van der Waals surface area (Å²) < 4.78 is 6.70. The molecule has 3 heteroatoms. The van der Waals surface area contributed by atoms with Gasteiger partial charge in [-0.3, -0.25) is 0 Å². The number of aromatic nitrogens is 2. The van der Waals surface area contributed by atoms with E-state index in [2.05, 4.69) is 129 Å². The van der Waals surface area contributed by atoms with Gasteiger partial charge in [-0.15, -0.1) is 0 Å². The molecular formula is C47H38N2O. The van der Waals surface area contributed by atoms with E-state index in [9.17, 15) is 0 Å². The Balaban J connectivity index is 1.06. The van der Waals surface area contributed by atoms with Gasteiger partial charge in [-0.1, -0.05) is 115 Å². The average molecular weight is 647 g/mol. The maximum Gasteiger partial charge on any atom is 0.229 e. The lowest BCUT2D eigenvalue weighted by Gasteiger charge is -2.21. The zero-order chi connectivity index (χ0) is 33.7. The second-order valence-electron chi connectivity index (χ2n) is 14.2.